The second kappa shape index (κ2) is 6.31. The van der Waals surface area contributed by atoms with Crippen molar-refractivity contribution >= 4 is 22.4 Å². The summed E-state index contributed by atoms with van der Waals surface area (Å²) in [6.45, 7) is 1.48. The van der Waals surface area contributed by atoms with Crippen LogP contribution in [0.1, 0.15) is 23.2 Å². The zero-order valence-corrected chi connectivity index (χ0v) is 13.2. The van der Waals surface area contributed by atoms with E-state index in [9.17, 15) is 9.59 Å². The monoisotopic (exact) mass is 318 g/mol. The van der Waals surface area contributed by atoms with Gasteiger partial charge in [-0.15, -0.1) is 11.3 Å². The molecule has 7 heteroatoms. The van der Waals surface area contributed by atoms with Crippen LogP contribution in [0.4, 0.5) is 5.13 Å². The fourth-order valence-electron chi connectivity index (χ4n) is 2.73. The van der Waals surface area contributed by atoms with Crippen LogP contribution in [0, 0.1) is 0 Å². The Kier molecular flexibility index (Phi) is 4.24. The zero-order valence-electron chi connectivity index (χ0n) is 12.4. The van der Waals surface area contributed by atoms with E-state index >= 15 is 0 Å². The lowest BCUT2D eigenvalue weighted by Crippen LogP contribution is -2.41. The van der Waals surface area contributed by atoms with E-state index in [0.29, 0.717) is 6.54 Å². The number of aryl methyl sites for hydroxylation is 1. The Morgan fingerprint density at radius 3 is 3.18 bits per heavy atom. The number of thiazole rings is 1. The number of anilines is 1. The van der Waals surface area contributed by atoms with Crippen molar-refractivity contribution in [2.75, 3.05) is 18.0 Å². The Morgan fingerprint density at radius 1 is 1.55 bits per heavy atom. The third kappa shape index (κ3) is 2.89. The Bertz CT molecular complexity index is 711. The van der Waals surface area contributed by atoms with Gasteiger partial charge >= 0.3 is 0 Å². The number of hydrogen-bond acceptors (Lipinski definition) is 5. The molecule has 3 heterocycles. The van der Waals surface area contributed by atoms with Gasteiger partial charge in [0, 0.05) is 44.0 Å². The minimum Gasteiger partial charge on any atom is -0.350 e. The molecule has 22 heavy (non-hydrogen) atoms. The van der Waals surface area contributed by atoms with Crippen LogP contribution >= 0.6 is 11.3 Å². The minimum atomic E-state index is -0.313. The van der Waals surface area contributed by atoms with E-state index in [0.717, 1.165) is 24.5 Å². The van der Waals surface area contributed by atoms with Crippen LogP contribution in [0.5, 0.6) is 0 Å². The van der Waals surface area contributed by atoms with Crippen molar-refractivity contribution in [3.63, 3.8) is 0 Å². The van der Waals surface area contributed by atoms with Gasteiger partial charge in [0.2, 0.25) is 0 Å². The topological polar surface area (TPSA) is 67.2 Å². The maximum atomic E-state index is 12.2. The third-order valence-electron chi connectivity index (χ3n) is 3.91. The summed E-state index contributed by atoms with van der Waals surface area (Å²) in [7, 11) is 1.64. The van der Waals surface area contributed by atoms with E-state index < -0.39 is 0 Å². The lowest BCUT2D eigenvalue weighted by Gasteiger charge is -2.24. The van der Waals surface area contributed by atoms with E-state index in [-0.39, 0.29) is 23.1 Å². The maximum Gasteiger partial charge on any atom is 0.263 e. The van der Waals surface area contributed by atoms with Crippen LogP contribution < -0.4 is 15.8 Å². The number of carbonyl (C=O) groups excluding carboxylic acids is 1. The molecule has 1 aliphatic rings. The van der Waals surface area contributed by atoms with Crippen LogP contribution in [0.2, 0.25) is 0 Å². The molecule has 1 saturated heterocycles. The van der Waals surface area contributed by atoms with Gasteiger partial charge in [-0.05, 0) is 25.0 Å². The van der Waals surface area contributed by atoms with Crippen LogP contribution in [0.25, 0.3) is 0 Å². The lowest BCUT2D eigenvalue weighted by atomic mass is 10.2. The molecule has 3 rings (SSSR count). The van der Waals surface area contributed by atoms with Crippen molar-refractivity contribution in [3.05, 3.63) is 45.8 Å². The van der Waals surface area contributed by atoms with E-state index in [1.54, 1.807) is 42.9 Å². The number of nitrogens with one attached hydrogen (secondary N) is 1. The molecule has 0 radical (unpaired) electrons. The summed E-state index contributed by atoms with van der Waals surface area (Å²) in [5.41, 5.74) is -0.0907. The number of pyridine rings is 1. The molecule has 1 N–H and O–H groups in total. The molecule has 1 amide bonds. The number of rotatable bonds is 4. The summed E-state index contributed by atoms with van der Waals surface area (Å²) in [5.74, 6) is -0.313. The van der Waals surface area contributed by atoms with Gasteiger partial charge in [0.1, 0.15) is 5.56 Å². The van der Waals surface area contributed by atoms with Crippen molar-refractivity contribution in [3.8, 4) is 0 Å². The number of hydrogen-bond donors (Lipinski definition) is 1. The number of amides is 1. The average molecular weight is 318 g/mol. The molecule has 6 nitrogen and oxygen atoms in total. The summed E-state index contributed by atoms with van der Waals surface area (Å²) in [6.07, 6.45) is 5.54. The van der Waals surface area contributed by atoms with Crippen molar-refractivity contribution in [1.29, 1.82) is 0 Å². The van der Waals surface area contributed by atoms with Gasteiger partial charge in [-0.3, -0.25) is 9.59 Å². The molecular formula is C15H18N4O2S. The number of nitrogens with zero attached hydrogens (tertiary/aromatic N) is 3. The van der Waals surface area contributed by atoms with Crippen LogP contribution in [0.3, 0.4) is 0 Å². The van der Waals surface area contributed by atoms with Gasteiger partial charge in [-0.1, -0.05) is 0 Å². The van der Waals surface area contributed by atoms with Crippen molar-refractivity contribution in [1.82, 2.24) is 14.9 Å². The summed E-state index contributed by atoms with van der Waals surface area (Å²) in [6, 6.07) is 3.50. The van der Waals surface area contributed by atoms with Gasteiger partial charge < -0.3 is 14.8 Å². The second-order valence-corrected chi connectivity index (χ2v) is 6.23. The Balaban J connectivity index is 1.66. The first-order chi connectivity index (χ1) is 10.7. The fraction of sp³-hybridized carbons (Fsp3) is 0.400. The largest absolute Gasteiger partial charge is 0.350 e. The van der Waals surface area contributed by atoms with Crippen molar-refractivity contribution in [2.24, 2.45) is 7.05 Å². The highest BCUT2D eigenvalue weighted by Gasteiger charge is 2.26. The molecule has 0 aliphatic carbocycles. The molecule has 2 aromatic rings. The Morgan fingerprint density at radius 2 is 2.41 bits per heavy atom. The summed E-state index contributed by atoms with van der Waals surface area (Å²) in [5, 5.41) is 5.83. The van der Waals surface area contributed by atoms with E-state index in [4.69, 9.17) is 0 Å². The molecule has 1 fully saturated rings. The molecule has 1 atom stereocenters. The lowest BCUT2D eigenvalue weighted by molar-refractivity contribution is 0.0949. The van der Waals surface area contributed by atoms with Crippen LogP contribution in [-0.4, -0.2) is 34.6 Å². The van der Waals surface area contributed by atoms with Crippen molar-refractivity contribution < 1.29 is 4.79 Å². The first-order valence-electron chi connectivity index (χ1n) is 7.27. The minimum absolute atomic E-state index is 0.184. The molecule has 2 aromatic heterocycles. The number of carbonyl (C=O) groups is 1. The molecule has 116 valence electrons. The smallest absolute Gasteiger partial charge is 0.263 e. The maximum absolute atomic E-state index is 12.2. The molecule has 0 unspecified atom stereocenters. The van der Waals surface area contributed by atoms with Gasteiger partial charge in [0.05, 0.1) is 0 Å². The molecule has 0 aromatic carbocycles. The van der Waals surface area contributed by atoms with Crippen molar-refractivity contribution in [2.45, 2.75) is 18.9 Å². The Hall–Kier alpha value is -2.15. The predicted octanol–water partition coefficient (Wildman–Crippen LogP) is 1.24. The second-order valence-electron chi connectivity index (χ2n) is 5.35. The normalized spacial score (nSPS) is 17.7. The van der Waals surface area contributed by atoms with Gasteiger partial charge in [-0.2, -0.15) is 0 Å². The highest BCUT2D eigenvalue weighted by molar-refractivity contribution is 7.13. The average Bonchev–Trinajstić information content (AvgIpc) is 3.17. The molecular weight excluding hydrogens is 300 g/mol. The molecule has 1 aliphatic heterocycles. The zero-order chi connectivity index (χ0) is 15.5. The predicted molar refractivity (Wildman–Crippen MR) is 86.5 cm³/mol. The quantitative estimate of drug-likeness (QED) is 0.921. The van der Waals surface area contributed by atoms with E-state index in [2.05, 4.69) is 15.2 Å². The van der Waals surface area contributed by atoms with E-state index in [1.165, 1.54) is 4.57 Å². The van der Waals surface area contributed by atoms with Crippen LogP contribution in [-0.2, 0) is 7.05 Å². The fourth-order valence-corrected chi connectivity index (χ4v) is 3.47. The van der Waals surface area contributed by atoms with E-state index in [1.807, 2.05) is 5.38 Å². The number of aromatic nitrogens is 2. The Labute approximate surface area is 132 Å². The van der Waals surface area contributed by atoms with Gasteiger partial charge in [-0.25, -0.2) is 4.98 Å². The standard InChI is InChI=1S/C15H18N4O2S/c1-18-7-3-5-12(14(18)21)13(20)17-10-11-4-2-8-19(11)15-16-6-9-22-15/h3,5-7,9,11H,2,4,8,10H2,1H3,(H,17,20)/t11-/m1/s1. The summed E-state index contributed by atoms with van der Waals surface area (Å²) >= 11 is 1.61. The first kappa shape index (κ1) is 14.8. The molecule has 0 saturated carbocycles. The van der Waals surface area contributed by atoms with Crippen LogP contribution in [0.15, 0.2) is 34.7 Å². The van der Waals surface area contributed by atoms with Gasteiger partial charge in [0.15, 0.2) is 5.13 Å². The highest BCUT2D eigenvalue weighted by Crippen LogP contribution is 2.26. The summed E-state index contributed by atoms with van der Waals surface area (Å²) in [4.78, 5) is 30.7. The summed E-state index contributed by atoms with van der Waals surface area (Å²) < 4.78 is 1.41. The first-order valence-corrected chi connectivity index (χ1v) is 8.15. The molecule has 0 spiro atoms. The SMILES string of the molecule is Cn1cccc(C(=O)NC[C@H]2CCCN2c2nccs2)c1=O. The highest BCUT2D eigenvalue weighted by atomic mass is 32.1. The molecule has 0 bridgehead atoms. The third-order valence-corrected chi connectivity index (χ3v) is 4.72. The van der Waals surface area contributed by atoms with Gasteiger partial charge in [0.25, 0.3) is 11.5 Å².